The summed E-state index contributed by atoms with van der Waals surface area (Å²) in [5.74, 6) is -0.931. The molecule has 0 unspecified atom stereocenters. The molecule has 10 heavy (non-hydrogen) atoms. The van der Waals surface area contributed by atoms with E-state index < -0.39 is 5.97 Å². The fourth-order valence-electron chi connectivity index (χ4n) is 0.626. The van der Waals surface area contributed by atoms with Crippen LogP contribution >= 0.6 is 0 Å². The van der Waals surface area contributed by atoms with E-state index in [1.54, 1.807) is 12.1 Å². The molecule has 3 heteroatoms. The SMILES string of the molecule is N[14c]1[14cH][14cH][14c]([14C](=O)O)[14cH][14cH]1. The van der Waals surface area contributed by atoms with Gasteiger partial charge in [0.15, 0.2) is 0 Å². The van der Waals surface area contributed by atoms with Crippen molar-refractivity contribution in [1.29, 1.82) is 0 Å². The molecule has 3 N–H and O–H groups in total. The van der Waals surface area contributed by atoms with Crippen molar-refractivity contribution in [1.82, 2.24) is 0 Å². The Morgan fingerprint density at radius 3 is 2.20 bits per heavy atom. The highest BCUT2D eigenvalue weighted by molar-refractivity contribution is 5.87. The second-order valence-corrected chi connectivity index (χ2v) is 1.93. The minimum absolute atomic E-state index is 0.259. The average Bonchev–Trinajstić information content (AvgIpc) is 1.88. The van der Waals surface area contributed by atoms with Gasteiger partial charge in [-0.1, -0.05) is 0 Å². The van der Waals surface area contributed by atoms with Gasteiger partial charge in [-0.05, 0) is 24.3 Å². The van der Waals surface area contributed by atoms with Gasteiger partial charge in [0.25, 0.3) is 0 Å². The minimum Gasteiger partial charge on any atom is -0.478 e. The van der Waals surface area contributed by atoms with E-state index in [4.69, 9.17) is 10.8 Å². The molecule has 52 valence electrons. The van der Waals surface area contributed by atoms with E-state index in [-0.39, 0.29) is 5.56 Å². The number of carbonyl (C=O) groups is 1. The zero-order chi connectivity index (χ0) is 7.56. The number of carboxylic acids is 1. The highest BCUT2D eigenvalue weighted by Crippen LogP contribution is 2.04. The Hall–Kier alpha value is -1.51. The average molecular weight is 151 g/mol. The summed E-state index contributed by atoms with van der Waals surface area (Å²) >= 11 is 0. The molecule has 0 amide bonds. The van der Waals surface area contributed by atoms with Crippen LogP contribution in [0.15, 0.2) is 24.3 Å². The van der Waals surface area contributed by atoms with Crippen LogP contribution in [0.4, 0.5) is 5.69 Å². The lowest BCUT2D eigenvalue weighted by Crippen LogP contribution is -1.95. The summed E-state index contributed by atoms with van der Waals surface area (Å²) in [7, 11) is 0. The first-order valence-electron chi connectivity index (χ1n) is 2.79. The molecule has 0 spiro atoms. The first-order chi connectivity index (χ1) is 4.70. The van der Waals surface area contributed by atoms with Crippen molar-refractivity contribution < 1.29 is 9.90 Å². The molecule has 1 rings (SSSR count). The van der Waals surface area contributed by atoms with E-state index in [0.717, 1.165) is 0 Å². The number of anilines is 1. The van der Waals surface area contributed by atoms with Gasteiger partial charge >= 0.3 is 5.97 Å². The summed E-state index contributed by atoms with van der Waals surface area (Å²) in [6, 6.07) is 6.06. The maximum atomic E-state index is 10.3. The van der Waals surface area contributed by atoms with Gasteiger partial charge < -0.3 is 10.8 Å². The van der Waals surface area contributed by atoms with Gasteiger partial charge in [0, 0.05) is 5.69 Å². The highest BCUT2D eigenvalue weighted by Gasteiger charge is 1.98. The minimum atomic E-state index is -0.931. The molecule has 1 aromatic rings. The summed E-state index contributed by atoms with van der Waals surface area (Å²) in [6.45, 7) is 0. The lowest BCUT2D eigenvalue weighted by molar-refractivity contribution is 0.0697. The number of aromatic carboxylic acids is 1. The summed E-state index contributed by atoms with van der Waals surface area (Å²) in [6.07, 6.45) is 0. The predicted molar refractivity (Wildman–Crippen MR) is 37.8 cm³/mol. The number of nitrogens with two attached hydrogens (primary N) is 1. The molecule has 0 aliphatic heterocycles. The Morgan fingerprint density at radius 1 is 1.30 bits per heavy atom. The quantitative estimate of drug-likeness (QED) is 0.587. The van der Waals surface area contributed by atoms with Gasteiger partial charge in [-0.3, -0.25) is 0 Å². The van der Waals surface area contributed by atoms with Gasteiger partial charge in [0.2, 0.25) is 0 Å². The molecule has 0 saturated heterocycles. The maximum absolute atomic E-state index is 10.3. The predicted octanol–water partition coefficient (Wildman–Crippen LogP) is 0.967. The fourth-order valence-corrected chi connectivity index (χ4v) is 0.626. The standard InChI is InChI=1S/C7H7NO2/c8-6-3-1-5(2-4-6)7(9)10/h1-4H,8H2,(H,9,10)/i1+2,2+2,3+2,4+2,5+2,6+2,7+2. The van der Waals surface area contributed by atoms with Crippen LogP contribution in [-0.2, 0) is 0 Å². The molecule has 0 saturated carbocycles. The van der Waals surface area contributed by atoms with Crippen LogP contribution in [0.1, 0.15) is 10.4 Å². The third kappa shape index (κ3) is 1.25. The van der Waals surface area contributed by atoms with Crippen molar-refractivity contribution in [3.63, 3.8) is 0 Å². The Balaban J connectivity index is 3.00. The van der Waals surface area contributed by atoms with Crippen LogP contribution in [0.3, 0.4) is 0 Å². The monoisotopic (exact) mass is 151 g/mol. The van der Waals surface area contributed by atoms with Crippen LogP contribution < -0.4 is 5.73 Å². The summed E-state index contributed by atoms with van der Waals surface area (Å²) in [4.78, 5) is 10.3. The Labute approximate surface area is 58.1 Å². The maximum Gasteiger partial charge on any atom is 0.335 e. The van der Waals surface area contributed by atoms with Crippen molar-refractivity contribution in [2.75, 3.05) is 5.73 Å². The fraction of sp³-hybridized carbons (Fsp3) is 0. The summed E-state index contributed by atoms with van der Waals surface area (Å²) in [5.41, 5.74) is 6.17. The summed E-state index contributed by atoms with van der Waals surface area (Å²) < 4.78 is 0. The zero-order valence-electron chi connectivity index (χ0n) is 5.24. The molecule has 1 aromatic carbocycles. The first kappa shape index (κ1) is 6.61. The van der Waals surface area contributed by atoms with E-state index in [1.807, 2.05) is 0 Å². The van der Waals surface area contributed by atoms with Crippen molar-refractivity contribution in [2.45, 2.75) is 0 Å². The summed E-state index contributed by atoms with van der Waals surface area (Å²) in [5, 5.41) is 8.43. The van der Waals surface area contributed by atoms with Crippen molar-refractivity contribution in [3.8, 4) is 0 Å². The Bertz CT molecular complexity index is 240. The van der Waals surface area contributed by atoms with Crippen LogP contribution in [0.5, 0.6) is 0 Å². The lowest BCUT2D eigenvalue weighted by atomic mass is 12.1. The lowest BCUT2D eigenvalue weighted by Gasteiger charge is -1.93. The molecule has 3 nitrogen and oxygen atoms in total. The van der Waals surface area contributed by atoms with E-state index in [1.165, 1.54) is 12.1 Å². The molecule has 0 heterocycles. The van der Waals surface area contributed by atoms with Crippen molar-refractivity contribution in [2.24, 2.45) is 0 Å². The van der Waals surface area contributed by atoms with Gasteiger partial charge in [0.1, 0.15) is 0 Å². The molecule has 0 bridgehead atoms. The number of hydrogen-bond acceptors (Lipinski definition) is 2. The van der Waals surface area contributed by atoms with Crippen molar-refractivity contribution >= 4 is 11.7 Å². The number of hydrogen-bond donors (Lipinski definition) is 2. The largest absolute Gasteiger partial charge is 0.478 e. The third-order valence-corrected chi connectivity index (χ3v) is 1.16. The number of carboxylic acid groups (broad SMARTS) is 1. The van der Waals surface area contributed by atoms with E-state index in [9.17, 15) is 4.79 Å². The second kappa shape index (κ2) is 2.39. The van der Waals surface area contributed by atoms with E-state index in [0.29, 0.717) is 5.69 Å². The Kier molecular flexibility index (Phi) is 1.58. The van der Waals surface area contributed by atoms with Crippen LogP contribution in [0.2, 0.25) is 0 Å². The molecule has 0 atom stereocenters. The van der Waals surface area contributed by atoms with Gasteiger partial charge in [-0.25, -0.2) is 4.79 Å². The third-order valence-electron chi connectivity index (χ3n) is 1.16. The first-order valence-corrected chi connectivity index (χ1v) is 2.79. The van der Waals surface area contributed by atoms with E-state index >= 15 is 0 Å². The van der Waals surface area contributed by atoms with Gasteiger partial charge in [-0.2, -0.15) is 0 Å². The van der Waals surface area contributed by atoms with Gasteiger partial charge in [-0.15, -0.1) is 0 Å². The van der Waals surface area contributed by atoms with E-state index in [2.05, 4.69) is 0 Å². The molecule has 0 fully saturated rings. The number of rotatable bonds is 1. The zero-order valence-corrected chi connectivity index (χ0v) is 5.24. The molecular formula is C7H7NO2. The molecule has 0 aromatic heterocycles. The molecule has 0 radical (unpaired) electrons. The smallest absolute Gasteiger partial charge is 0.335 e. The number of benzene rings is 1. The van der Waals surface area contributed by atoms with Crippen LogP contribution in [0, 0.1) is 0 Å². The number of nitrogen functional groups attached to an aromatic ring is 1. The van der Waals surface area contributed by atoms with Crippen LogP contribution in [0.25, 0.3) is 0 Å². The highest BCUT2D eigenvalue weighted by atomic mass is 16.7. The molecule has 0 aliphatic rings. The van der Waals surface area contributed by atoms with Gasteiger partial charge in [0.05, 0.1) is 5.56 Å². The van der Waals surface area contributed by atoms with Crippen LogP contribution in [-0.4, -0.2) is 11.1 Å². The normalized spacial score (nSPS) is 9.20. The molecular weight excluding hydrogens is 144 g/mol. The second-order valence-electron chi connectivity index (χ2n) is 1.93. The van der Waals surface area contributed by atoms with Crippen molar-refractivity contribution in [3.05, 3.63) is 29.8 Å². The Morgan fingerprint density at radius 2 is 1.80 bits per heavy atom. The topological polar surface area (TPSA) is 63.3 Å². The molecule has 0 aliphatic carbocycles.